The van der Waals surface area contributed by atoms with E-state index in [0.29, 0.717) is 41.6 Å². The quantitative estimate of drug-likeness (QED) is 0.509. The number of hydrogen-bond acceptors (Lipinski definition) is 8. The molecule has 5 atom stereocenters. The monoisotopic (exact) mass is 587 g/mol. The van der Waals surface area contributed by atoms with Gasteiger partial charge in [0.05, 0.1) is 11.9 Å². The fourth-order valence-corrected chi connectivity index (χ4v) is 8.42. The molecule has 2 N–H and O–H groups in total. The van der Waals surface area contributed by atoms with E-state index in [1.165, 1.54) is 19.3 Å². The van der Waals surface area contributed by atoms with Crippen molar-refractivity contribution in [1.82, 2.24) is 20.2 Å². The second kappa shape index (κ2) is 11.3. The van der Waals surface area contributed by atoms with Gasteiger partial charge >= 0.3 is 0 Å². The summed E-state index contributed by atoms with van der Waals surface area (Å²) in [5.41, 5.74) is 3.13. The molecule has 3 fully saturated rings. The summed E-state index contributed by atoms with van der Waals surface area (Å²) >= 11 is 0. The Hall–Kier alpha value is -3.40. The van der Waals surface area contributed by atoms with E-state index in [4.69, 9.17) is 9.72 Å². The van der Waals surface area contributed by atoms with E-state index in [2.05, 4.69) is 39.4 Å². The van der Waals surface area contributed by atoms with Gasteiger partial charge in [0.25, 0.3) is 5.91 Å². The molecule has 4 heterocycles. The molecule has 0 bridgehead atoms. The molecule has 1 saturated heterocycles. The topological polar surface area (TPSA) is 103 Å². The molecule has 1 aromatic heterocycles. The normalized spacial score (nSPS) is 28.8. The van der Waals surface area contributed by atoms with E-state index in [1.54, 1.807) is 11.1 Å². The first-order valence-corrected chi connectivity index (χ1v) is 16.3. The molecule has 1 aromatic carbocycles. The Morgan fingerprint density at radius 2 is 1.91 bits per heavy atom. The lowest BCUT2D eigenvalue weighted by molar-refractivity contribution is -0.120. The van der Waals surface area contributed by atoms with E-state index in [-0.39, 0.29) is 30.0 Å². The van der Waals surface area contributed by atoms with Crippen LogP contribution in [-0.2, 0) is 11.2 Å². The molecule has 0 radical (unpaired) electrons. The number of piperidine rings is 1. The summed E-state index contributed by atoms with van der Waals surface area (Å²) in [6.07, 6.45) is 11.0. The van der Waals surface area contributed by atoms with Crippen molar-refractivity contribution in [3.05, 3.63) is 29.5 Å². The third-order valence-corrected chi connectivity index (χ3v) is 10.6. The number of nitrogens with zero attached hydrogens (tertiary/aromatic N) is 5. The maximum atomic E-state index is 13.6. The van der Waals surface area contributed by atoms with Crippen LogP contribution in [0.15, 0.2) is 18.3 Å². The average molecular weight is 588 g/mol. The molecule has 0 spiro atoms. The van der Waals surface area contributed by atoms with E-state index in [9.17, 15) is 9.59 Å². The van der Waals surface area contributed by atoms with Crippen molar-refractivity contribution in [2.24, 2.45) is 11.8 Å². The first kappa shape index (κ1) is 28.4. The second-order valence-corrected chi connectivity index (χ2v) is 13.5. The number of fused-ring (bicyclic) bond motifs is 3. The number of aromatic nitrogens is 2. The molecule has 10 heteroatoms. The minimum absolute atomic E-state index is 0.00644. The molecular weight excluding hydrogens is 542 g/mol. The first-order valence-electron chi connectivity index (χ1n) is 16.3. The summed E-state index contributed by atoms with van der Waals surface area (Å²) in [6.45, 7) is 6.39. The zero-order valence-electron chi connectivity index (χ0n) is 25.9. The van der Waals surface area contributed by atoms with Crippen LogP contribution in [0.3, 0.4) is 0 Å². The summed E-state index contributed by atoms with van der Waals surface area (Å²) in [7, 11) is 4.01. The van der Waals surface area contributed by atoms with Gasteiger partial charge in [0.15, 0.2) is 5.82 Å². The van der Waals surface area contributed by atoms with E-state index in [1.807, 2.05) is 26.1 Å². The van der Waals surface area contributed by atoms with Crippen molar-refractivity contribution in [3.63, 3.8) is 0 Å². The molecule has 2 aromatic rings. The highest BCUT2D eigenvalue weighted by molar-refractivity contribution is 6.04. The third-order valence-electron chi connectivity index (χ3n) is 10.6. The van der Waals surface area contributed by atoms with Crippen LogP contribution >= 0.6 is 0 Å². The number of hydrogen-bond donors (Lipinski definition) is 2. The van der Waals surface area contributed by atoms with Crippen molar-refractivity contribution < 1.29 is 14.3 Å². The molecule has 2 aliphatic carbocycles. The molecule has 10 nitrogen and oxygen atoms in total. The van der Waals surface area contributed by atoms with Gasteiger partial charge in [-0.1, -0.05) is 19.8 Å². The van der Waals surface area contributed by atoms with Gasteiger partial charge in [0, 0.05) is 43.2 Å². The van der Waals surface area contributed by atoms with E-state index in [0.717, 1.165) is 67.9 Å². The summed E-state index contributed by atoms with van der Waals surface area (Å²) in [5, 5.41) is 6.78. The number of likely N-dealkylation sites (tertiary alicyclic amines) is 1. The second-order valence-electron chi connectivity index (χ2n) is 13.5. The highest BCUT2D eigenvalue weighted by atomic mass is 16.5. The van der Waals surface area contributed by atoms with Crippen LogP contribution < -0.4 is 25.2 Å². The zero-order valence-corrected chi connectivity index (χ0v) is 25.9. The van der Waals surface area contributed by atoms with Crippen LogP contribution in [0.1, 0.15) is 81.1 Å². The van der Waals surface area contributed by atoms with Gasteiger partial charge in [0.1, 0.15) is 23.6 Å². The Balaban J connectivity index is 1.14. The van der Waals surface area contributed by atoms with Gasteiger partial charge in [-0.2, -0.15) is 4.98 Å². The zero-order chi connectivity index (χ0) is 29.8. The number of anilines is 4. The average Bonchev–Trinajstić information content (AvgIpc) is 3.74. The molecule has 7 rings (SSSR count). The van der Waals surface area contributed by atoms with Crippen molar-refractivity contribution in [1.29, 1.82) is 0 Å². The van der Waals surface area contributed by atoms with Gasteiger partial charge in [-0.05, 0) is 83.0 Å². The fraction of sp³-hybridized carbons (Fsp3) is 0.636. The lowest BCUT2D eigenvalue weighted by atomic mass is 9.89. The number of amides is 2. The minimum atomic E-state index is -0.223. The van der Waals surface area contributed by atoms with Crippen LogP contribution in [-0.4, -0.2) is 78.1 Å². The summed E-state index contributed by atoms with van der Waals surface area (Å²) in [6, 6.07) is 4.14. The molecular formula is C33H45N7O3. The number of likely N-dealkylation sites (N-methyl/N-ethyl adjacent to an activating group) is 1. The smallest absolute Gasteiger partial charge is 0.251 e. The maximum absolute atomic E-state index is 13.6. The van der Waals surface area contributed by atoms with Gasteiger partial charge < -0.3 is 30.1 Å². The van der Waals surface area contributed by atoms with Crippen molar-refractivity contribution in [2.45, 2.75) is 95.9 Å². The molecule has 5 aliphatic rings. The number of ether oxygens (including phenoxy) is 1. The Morgan fingerprint density at radius 1 is 1.12 bits per heavy atom. The van der Waals surface area contributed by atoms with Crippen LogP contribution in [0.2, 0.25) is 0 Å². The SMILES string of the molecule is CC[C@@H]1C(=O)N(C)c2cnc(Nc3ccc(C(=O)N[C@H]4C[C@H]5CCN(C)C[C@H]5C4)c4c3OC(C)C4)nc2N1C1CCCC1. The Kier molecular flexibility index (Phi) is 7.43. The predicted molar refractivity (Wildman–Crippen MR) is 167 cm³/mol. The Morgan fingerprint density at radius 3 is 2.70 bits per heavy atom. The summed E-state index contributed by atoms with van der Waals surface area (Å²) < 4.78 is 6.27. The summed E-state index contributed by atoms with van der Waals surface area (Å²) in [5.74, 6) is 3.46. The van der Waals surface area contributed by atoms with Crippen molar-refractivity contribution >= 4 is 35.0 Å². The number of benzene rings is 1. The Labute approximate surface area is 254 Å². The number of carbonyl (C=O) groups excluding carboxylic acids is 2. The van der Waals surface area contributed by atoms with E-state index < -0.39 is 0 Å². The molecule has 1 unspecified atom stereocenters. The van der Waals surface area contributed by atoms with Gasteiger partial charge in [-0.15, -0.1) is 0 Å². The summed E-state index contributed by atoms with van der Waals surface area (Å²) in [4.78, 5) is 42.8. The van der Waals surface area contributed by atoms with Crippen LogP contribution in [0.5, 0.6) is 5.75 Å². The van der Waals surface area contributed by atoms with Crippen molar-refractivity contribution in [3.8, 4) is 5.75 Å². The lowest BCUT2D eigenvalue weighted by Gasteiger charge is -2.43. The minimum Gasteiger partial charge on any atom is -0.488 e. The lowest BCUT2D eigenvalue weighted by Crippen LogP contribution is -2.55. The standard InChI is InChI=1S/C33H45N7O3/c1-5-27-32(42)39(4)28-17-34-33(37-30(28)40(27)23-8-6-7-9-23)36-26-11-10-24(25-14-19(2)43-29(25)26)31(41)35-22-15-20-12-13-38(3)18-21(20)16-22/h10-11,17,19-23,27H,5-9,12-16,18H2,1-4H3,(H,35,41)(H,34,36,37)/t19?,20-,21-,22+,27-/m1/s1. The van der Waals surface area contributed by atoms with Crippen LogP contribution in [0.4, 0.5) is 23.1 Å². The molecule has 2 saturated carbocycles. The highest BCUT2D eigenvalue weighted by Crippen LogP contribution is 2.43. The van der Waals surface area contributed by atoms with Gasteiger partial charge in [-0.3, -0.25) is 9.59 Å². The van der Waals surface area contributed by atoms with Gasteiger partial charge in [-0.25, -0.2) is 4.98 Å². The molecule has 230 valence electrons. The maximum Gasteiger partial charge on any atom is 0.251 e. The first-order chi connectivity index (χ1) is 20.8. The molecule has 43 heavy (non-hydrogen) atoms. The third kappa shape index (κ3) is 5.11. The van der Waals surface area contributed by atoms with Crippen LogP contribution in [0, 0.1) is 11.8 Å². The molecule has 3 aliphatic heterocycles. The largest absolute Gasteiger partial charge is 0.488 e. The highest BCUT2D eigenvalue weighted by Gasteiger charge is 2.42. The van der Waals surface area contributed by atoms with Crippen LogP contribution in [0.25, 0.3) is 0 Å². The number of nitrogens with one attached hydrogen (secondary N) is 2. The van der Waals surface area contributed by atoms with E-state index >= 15 is 0 Å². The molecule has 2 amide bonds. The van der Waals surface area contributed by atoms with Gasteiger partial charge in [0.2, 0.25) is 11.9 Å². The fourth-order valence-electron chi connectivity index (χ4n) is 8.42. The van der Waals surface area contributed by atoms with Crippen molar-refractivity contribution in [2.75, 3.05) is 42.3 Å². The predicted octanol–water partition coefficient (Wildman–Crippen LogP) is 4.51. The Bertz CT molecular complexity index is 1410. The number of carbonyl (C=O) groups is 2. The number of rotatable bonds is 6.